The van der Waals surface area contributed by atoms with E-state index in [2.05, 4.69) is 0 Å². The Kier molecular flexibility index (Phi) is 6.59. The van der Waals surface area contributed by atoms with Gasteiger partial charge >= 0.3 is 11.9 Å². The van der Waals surface area contributed by atoms with Crippen LogP contribution in [0.4, 0.5) is 0 Å². The van der Waals surface area contributed by atoms with Crippen LogP contribution in [0.1, 0.15) is 26.2 Å². The number of hydrogen-bond acceptors (Lipinski definition) is 3. The van der Waals surface area contributed by atoms with Gasteiger partial charge in [0, 0.05) is 12.5 Å². The second-order valence-electron chi connectivity index (χ2n) is 2.52. The van der Waals surface area contributed by atoms with Crippen LogP contribution in [0.15, 0.2) is 12.2 Å². The van der Waals surface area contributed by atoms with E-state index in [-0.39, 0.29) is 19.0 Å². The number of hydrogen-bond donors (Lipinski definition) is 1. The molecule has 74 valence electrons. The molecule has 1 N–H and O–H groups in total. The molecule has 4 heteroatoms. The minimum absolute atomic E-state index is 0.126. The molecule has 0 heterocycles. The molecule has 0 aromatic heterocycles. The molecule has 0 unspecified atom stereocenters. The van der Waals surface area contributed by atoms with Crippen LogP contribution < -0.4 is 0 Å². The van der Waals surface area contributed by atoms with Gasteiger partial charge in [0.15, 0.2) is 0 Å². The lowest BCUT2D eigenvalue weighted by Crippen LogP contribution is -2.03. The molecule has 0 aromatic rings. The molecular formula is C9H14O4. The number of allylic oxidation sites excluding steroid dienone is 1. The quantitative estimate of drug-likeness (QED) is 0.386. The molecule has 0 amide bonds. The summed E-state index contributed by atoms with van der Waals surface area (Å²) in [6.45, 7) is 2.02. The number of ether oxygens (including phenoxy) is 1. The predicted octanol–water partition coefficient (Wildman–Crippen LogP) is 1.36. The maximum Gasteiger partial charge on any atom is 0.330 e. The molecule has 0 atom stereocenters. The van der Waals surface area contributed by atoms with Gasteiger partial charge in [-0.05, 0) is 19.8 Å². The van der Waals surface area contributed by atoms with Gasteiger partial charge in [-0.3, -0.25) is 4.79 Å². The maximum absolute atomic E-state index is 10.7. The zero-order chi connectivity index (χ0) is 10.1. The van der Waals surface area contributed by atoms with Crippen molar-refractivity contribution in [2.75, 3.05) is 6.61 Å². The van der Waals surface area contributed by atoms with Crippen LogP contribution in [-0.4, -0.2) is 23.7 Å². The van der Waals surface area contributed by atoms with Crippen LogP contribution in [0.2, 0.25) is 0 Å². The lowest BCUT2D eigenvalue weighted by molar-refractivity contribution is -0.137. The molecule has 0 aliphatic heterocycles. The molecular weight excluding hydrogens is 172 g/mol. The molecule has 0 fully saturated rings. The van der Waals surface area contributed by atoms with E-state index in [1.165, 1.54) is 6.08 Å². The molecule has 0 rings (SSSR count). The van der Waals surface area contributed by atoms with Gasteiger partial charge < -0.3 is 9.84 Å². The highest BCUT2D eigenvalue weighted by Gasteiger charge is 1.98. The first-order valence-electron chi connectivity index (χ1n) is 4.18. The van der Waals surface area contributed by atoms with Gasteiger partial charge in [-0.2, -0.15) is 0 Å². The fraction of sp³-hybridized carbons (Fsp3) is 0.556. The Bertz CT molecular complexity index is 196. The Hall–Kier alpha value is -1.32. The fourth-order valence-corrected chi connectivity index (χ4v) is 0.735. The van der Waals surface area contributed by atoms with Crippen molar-refractivity contribution in [3.05, 3.63) is 12.2 Å². The molecule has 0 aliphatic rings. The van der Waals surface area contributed by atoms with Crippen LogP contribution >= 0.6 is 0 Å². The van der Waals surface area contributed by atoms with E-state index < -0.39 is 5.97 Å². The highest BCUT2D eigenvalue weighted by molar-refractivity contribution is 5.81. The number of unbranched alkanes of at least 4 members (excludes halogenated alkanes) is 1. The summed E-state index contributed by atoms with van der Waals surface area (Å²) >= 11 is 0. The normalized spacial score (nSPS) is 10.2. The van der Waals surface area contributed by atoms with Crippen molar-refractivity contribution >= 4 is 11.9 Å². The van der Waals surface area contributed by atoms with E-state index >= 15 is 0 Å². The van der Waals surface area contributed by atoms with Crippen molar-refractivity contribution in [3.63, 3.8) is 0 Å². The van der Waals surface area contributed by atoms with E-state index in [9.17, 15) is 9.59 Å². The Morgan fingerprint density at radius 3 is 2.62 bits per heavy atom. The maximum atomic E-state index is 10.7. The topological polar surface area (TPSA) is 63.6 Å². The van der Waals surface area contributed by atoms with Crippen molar-refractivity contribution in [2.45, 2.75) is 26.2 Å². The van der Waals surface area contributed by atoms with Crippen molar-refractivity contribution < 1.29 is 19.4 Å². The highest BCUT2D eigenvalue weighted by atomic mass is 16.5. The summed E-state index contributed by atoms with van der Waals surface area (Å²) < 4.78 is 4.75. The number of carbonyl (C=O) groups excluding carboxylic acids is 1. The summed E-state index contributed by atoms with van der Waals surface area (Å²) in [5.41, 5.74) is 0. The zero-order valence-electron chi connectivity index (χ0n) is 7.66. The molecule has 0 spiro atoms. The standard InChI is InChI=1S/C9H14O4/c1-2-5-9(12)13-7-4-3-6-8(10)11/h2,5H,3-4,6-7H2,1H3,(H,10,11). The van der Waals surface area contributed by atoms with Crippen molar-refractivity contribution in [2.24, 2.45) is 0 Å². The number of carbonyl (C=O) groups is 2. The van der Waals surface area contributed by atoms with E-state index in [1.807, 2.05) is 0 Å². The number of esters is 1. The van der Waals surface area contributed by atoms with E-state index in [0.717, 1.165) is 0 Å². The van der Waals surface area contributed by atoms with E-state index in [0.29, 0.717) is 12.8 Å². The first-order chi connectivity index (χ1) is 6.16. The SMILES string of the molecule is CC=CC(=O)OCCCCC(=O)O. The summed E-state index contributed by atoms with van der Waals surface area (Å²) in [5, 5.41) is 8.29. The molecule has 0 bridgehead atoms. The molecule has 13 heavy (non-hydrogen) atoms. The first kappa shape index (κ1) is 11.7. The van der Waals surface area contributed by atoms with Gasteiger partial charge in [-0.1, -0.05) is 6.08 Å². The predicted molar refractivity (Wildman–Crippen MR) is 47.3 cm³/mol. The van der Waals surface area contributed by atoms with Crippen molar-refractivity contribution in [1.29, 1.82) is 0 Å². The number of aliphatic carboxylic acids is 1. The summed E-state index contributed by atoms with van der Waals surface area (Å²) in [5.74, 6) is -1.20. The molecule has 0 saturated carbocycles. The second-order valence-corrected chi connectivity index (χ2v) is 2.52. The zero-order valence-corrected chi connectivity index (χ0v) is 7.66. The van der Waals surface area contributed by atoms with Crippen molar-refractivity contribution in [3.8, 4) is 0 Å². The Balaban J connectivity index is 3.25. The largest absolute Gasteiger partial charge is 0.481 e. The van der Waals surface area contributed by atoms with Crippen LogP contribution in [-0.2, 0) is 14.3 Å². The van der Waals surface area contributed by atoms with Gasteiger partial charge in [0.1, 0.15) is 0 Å². The molecule has 0 radical (unpaired) electrons. The summed E-state index contributed by atoms with van der Waals surface area (Å²) in [4.78, 5) is 20.8. The molecule has 0 aliphatic carbocycles. The van der Waals surface area contributed by atoms with Crippen LogP contribution in [0.25, 0.3) is 0 Å². The van der Waals surface area contributed by atoms with Gasteiger partial charge in [-0.15, -0.1) is 0 Å². The molecule has 0 saturated heterocycles. The summed E-state index contributed by atoms with van der Waals surface area (Å²) in [7, 11) is 0. The third-order valence-corrected chi connectivity index (χ3v) is 1.33. The lowest BCUT2D eigenvalue weighted by Gasteiger charge is -1.99. The first-order valence-corrected chi connectivity index (χ1v) is 4.18. The van der Waals surface area contributed by atoms with Gasteiger partial charge in [0.05, 0.1) is 6.61 Å². The Labute approximate surface area is 77.2 Å². The number of carboxylic acid groups (broad SMARTS) is 1. The van der Waals surface area contributed by atoms with Crippen LogP contribution in [0, 0.1) is 0 Å². The van der Waals surface area contributed by atoms with E-state index in [4.69, 9.17) is 9.84 Å². The van der Waals surface area contributed by atoms with Gasteiger partial charge in [0.25, 0.3) is 0 Å². The third kappa shape index (κ3) is 8.59. The number of carboxylic acids is 1. The minimum Gasteiger partial charge on any atom is -0.481 e. The summed E-state index contributed by atoms with van der Waals surface area (Å²) in [6, 6.07) is 0. The van der Waals surface area contributed by atoms with Crippen molar-refractivity contribution in [1.82, 2.24) is 0 Å². The Morgan fingerprint density at radius 1 is 1.38 bits per heavy atom. The smallest absolute Gasteiger partial charge is 0.330 e. The molecule has 4 nitrogen and oxygen atoms in total. The van der Waals surface area contributed by atoms with Gasteiger partial charge in [0.2, 0.25) is 0 Å². The van der Waals surface area contributed by atoms with Crippen LogP contribution in [0.3, 0.4) is 0 Å². The lowest BCUT2D eigenvalue weighted by atomic mass is 10.2. The Morgan fingerprint density at radius 2 is 2.08 bits per heavy atom. The van der Waals surface area contributed by atoms with E-state index in [1.54, 1.807) is 13.0 Å². The number of rotatable bonds is 6. The average Bonchev–Trinajstić information content (AvgIpc) is 2.03. The average molecular weight is 186 g/mol. The van der Waals surface area contributed by atoms with Gasteiger partial charge in [-0.25, -0.2) is 4.79 Å². The monoisotopic (exact) mass is 186 g/mol. The fourth-order valence-electron chi connectivity index (χ4n) is 0.735. The molecule has 0 aromatic carbocycles. The second kappa shape index (κ2) is 7.34. The highest BCUT2D eigenvalue weighted by Crippen LogP contribution is 1.96. The summed E-state index contributed by atoms with van der Waals surface area (Å²) in [6.07, 6.45) is 4.19. The minimum atomic E-state index is -0.820. The third-order valence-electron chi connectivity index (χ3n) is 1.33. The van der Waals surface area contributed by atoms with Crippen LogP contribution in [0.5, 0.6) is 0 Å².